The van der Waals surface area contributed by atoms with Crippen molar-refractivity contribution in [1.82, 2.24) is 19.6 Å². The van der Waals surface area contributed by atoms with E-state index in [0.717, 1.165) is 38.0 Å². The molecule has 0 unspecified atom stereocenters. The maximum Gasteiger partial charge on any atom is 0.336 e. The molecule has 0 atom stereocenters. The minimum Gasteiger partial charge on any atom is -0.462 e. The topological polar surface area (TPSA) is 81.6 Å². The molecular formula is C22H30N6O. The lowest BCUT2D eigenvalue weighted by molar-refractivity contribution is 0.280. The van der Waals surface area contributed by atoms with Gasteiger partial charge >= 0.3 is 6.01 Å². The Kier molecular flexibility index (Phi) is 5.83. The van der Waals surface area contributed by atoms with Gasteiger partial charge in [-0.05, 0) is 49.8 Å². The third-order valence-corrected chi connectivity index (χ3v) is 5.51. The lowest BCUT2D eigenvalue weighted by Gasteiger charge is -2.30. The fourth-order valence-corrected chi connectivity index (χ4v) is 3.94. The Morgan fingerprint density at radius 3 is 2.76 bits per heavy atom. The molecule has 1 aromatic carbocycles. The molecule has 1 saturated heterocycles. The van der Waals surface area contributed by atoms with Crippen molar-refractivity contribution in [2.24, 2.45) is 0 Å². The summed E-state index contributed by atoms with van der Waals surface area (Å²) in [6.45, 7) is 7.22. The summed E-state index contributed by atoms with van der Waals surface area (Å²) >= 11 is 0. The molecule has 7 heteroatoms. The van der Waals surface area contributed by atoms with E-state index in [9.17, 15) is 0 Å². The molecule has 7 nitrogen and oxygen atoms in total. The highest BCUT2D eigenvalue weighted by molar-refractivity contribution is 5.60. The first kappa shape index (κ1) is 19.5. The molecular weight excluding hydrogens is 364 g/mol. The molecule has 1 aliphatic rings. The number of aromatic nitrogens is 4. The average molecular weight is 395 g/mol. The van der Waals surface area contributed by atoms with Crippen molar-refractivity contribution < 1.29 is 4.74 Å². The van der Waals surface area contributed by atoms with Crippen molar-refractivity contribution in [1.29, 1.82) is 0 Å². The summed E-state index contributed by atoms with van der Waals surface area (Å²) in [5.41, 5.74) is 11.5. The maximum atomic E-state index is 6.07. The summed E-state index contributed by atoms with van der Waals surface area (Å²) in [4.78, 5) is 11.1. The fraction of sp³-hybridized carbons (Fsp3) is 0.500. The Labute approximate surface area is 171 Å². The van der Waals surface area contributed by atoms with Crippen LogP contribution in [0.15, 0.2) is 24.4 Å². The predicted octanol–water partition coefficient (Wildman–Crippen LogP) is 3.77. The zero-order valence-corrected chi connectivity index (χ0v) is 17.4. The monoisotopic (exact) mass is 394 g/mol. The van der Waals surface area contributed by atoms with E-state index < -0.39 is 0 Å². The third kappa shape index (κ3) is 4.28. The van der Waals surface area contributed by atoms with Crippen LogP contribution in [0.4, 0.5) is 11.5 Å². The Hall–Kier alpha value is -2.83. The van der Waals surface area contributed by atoms with Crippen LogP contribution in [0.3, 0.4) is 0 Å². The summed E-state index contributed by atoms with van der Waals surface area (Å²) < 4.78 is 7.42. The summed E-state index contributed by atoms with van der Waals surface area (Å²) in [6.07, 6.45) is 8.48. The highest BCUT2D eigenvalue weighted by atomic mass is 16.5. The average Bonchev–Trinajstić information content (AvgIpc) is 3.12. The largest absolute Gasteiger partial charge is 0.462 e. The van der Waals surface area contributed by atoms with Crippen molar-refractivity contribution in [3.63, 3.8) is 0 Å². The minimum absolute atomic E-state index is 0.305. The van der Waals surface area contributed by atoms with Crippen molar-refractivity contribution >= 4 is 17.2 Å². The second-order valence-electron chi connectivity index (χ2n) is 7.81. The van der Waals surface area contributed by atoms with Gasteiger partial charge in [0.05, 0.1) is 18.5 Å². The molecule has 0 spiro atoms. The standard InChI is InChI=1S/C22H30N6O/c1-3-4-12-29-22-25-20(23)21-24-15-18(28(21)26-22)14-17-8-9-19(16(2)13-17)27-10-6-5-7-11-27/h8-9,13,15H,3-7,10-12,14H2,1-2H3,(H2,23,25,26). The second-order valence-corrected chi connectivity index (χ2v) is 7.81. The second kappa shape index (κ2) is 8.68. The van der Waals surface area contributed by atoms with Gasteiger partial charge in [0.25, 0.3) is 0 Å². The van der Waals surface area contributed by atoms with Crippen LogP contribution in [0.25, 0.3) is 5.65 Å². The van der Waals surface area contributed by atoms with Crippen LogP contribution in [0.5, 0.6) is 6.01 Å². The van der Waals surface area contributed by atoms with Crippen molar-refractivity contribution in [2.45, 2.75) is 52.4 Å². The Bertz CT molecular complexity index is 977. The first-order valence-electron chi connectivity index (χ1n) is 10.6. The minimum atomic E-state index is 0.305. The van der Waals surface area contributed by atoms with Gasteiger partial charge in [-0.15, -0.1) is 5.10 Å². The zero-order chi connectivity index (χ0) is 20.2. The van der Waals surface area contributed by atoms with E-state index in [4.69, 9.17) is 10.5 Å². The number of hydrogen-bond acceptors (Lipinski definition) is 6. The molecule has 154 valence electrons. The van der Waals surface area contributed by atoms with E-state index in [1.807, 2.05) is 6.20 Å². The quantitative estimate of drug-likeness (QED) is 0.614. The molecule has 29 heavy (non-hydrogen) atoms. The van der Waals surface area contributed by atoms with E-state index in [1.165, 1.54) is 36.1 Å². The number of ether oxygens (including phenoxy) is 1. The van der Waals surface area contributed by atoms with E-state index in [1.54, 1.807) is 4.52 Å². The van der Waals surface area contributed by atoms with Gasteiger partial charge in [0.2, 0.25) is 0 Å². The van der Waals surface area contributed by atoms with Crippen LogP contribution in [-0.2, 0) is 6.42 Å². The first-order valence-corrected chi connectivity index (χ1v) is 10.6. The SMILES string of the molecule is CCCCOc1nc(N)c2ncc(Cc3ccc(N4CCCCC4)c(C)c3)n2n1. The van der Waals surface area contributed by atoms with Crippen LogP contribution in [0.2, 0.25) is 0 Å². The zero-order valence-electron chi connectivity index (χ0n) is 17.4. The highest BCUT2D eigenvalue weighted by Gasteiger charge is 2.15. The first-order chi connectivity index (χ1) is 14.2. The molecule has 3 aromatic rings. The van der Waals surface area contributed by atoms with Crippen LogP contribution in [-0.4, -0.2) is 39.3 Å². The van der Waals surface area contributed by atoms with Gasteiger partial charge in [0.15, 0.2) is 11.5 Å². The summed E-state index contributed by atoms with van der Waals surface area (Å²) in [5, 5.41) is 4.51. The molecule has 0 bridgehead atoms. The number of imidazole rings is 1. The van der Waals surface area contributed by atoms with Gasteiger partial charge in [-0.3, -0.25) is 0 Å². The van der Waals surface area contributed by atoms with Gasteiger partial charge < -0.3 is 15.4 Å². The fourth-order valence-electron chi connectivity index (χ4n) is 3.94. The third-order valence-electron chi connectivity index (χ3n) is 5.51. The van der Waals surface area contributed by atoms with E-state index in [-0.39, 0.29) is 0 Å². The Morgan fingerprint density at radius 1 is 1.17 bits per heavy atom. The van der Waals surface area contributed by atoms with Crippen LogP contribution >= 0.6 is 0 Å². The number of rotatable bonds is 7. The summed E-state index contributed by atoms with van der Waals surface area (Å²) in [7, 11) is 0. The van der Waals surface area contributed by atoms with Crippen molar-refractivity contribution in [3.05, 3.63) is 41.2 Å². The Balaban J connectivity index is 1.56. The lowest BCUT2D eigenvalue weighted by atomic mass is 10.0. The Morgan fingerprint density at radius 2 is 2.00 bits per heavy atom. The van der Waals surface area contributed by atoms with Gasteiger partial charge in [0.1, 0.15) is 0 Å². The number of anilines is 2. The lowest BCUT2D eigenvalue weighted by Crippen LogP contribution is -2.29. The summed E-state index contributed by atoms with van der Waals surface area (Å²) in [5.74, 6) is 0.342. The highest BCUT2D eigenvalue weighted by Crippen LogP contribution is 2.26. The summed E-state index contributed by atoms with van der Waals surface area (Å²) in [6, 6.07) is 7.04. The van der Waals surface area contributed by atoms with E-state index >= 15 is 0 Å². The molecule has 3 heterocycles. The van der Waals surface area contributed by atoms with E-state index in [0.29, 0.717) is 24.1 Å². The number of benzene rings is 1. The molecule has 4 rings (SSSR count). The van der Waals surface area contributed by atoms with Crippen LogP contribution < -0.4 is 15.4 Å². The number of aryl methyl sites for hydroxylation is 1. The number of fused-ring (bicyclic) bond motifs is 1. The number of piperidine rings is 1. The molecule has 0 radical (unpaired) electrons. The molecule has 2 N–H and O–H groups in total. The molecule has 1 fully saturated rings. The molecule has 0 saturated carbocycles. The number of hydrogen-bond donors (Lipinski definition) is 1. The number of nitrogen functional groups attached to an aromatic ring is 1. The molecule has 1 aliphatic heterocycles. The molecule has 2 aromatic heterocycles. The smallest absolute Gasteiger partial charge is 0.336 e. The van der Waals surface area contributed by atoms with Gasteiger partial charge in [-0.25, -0.2) is 9.50 Å². The van der Waals surface area contributed by atoms with Gasteiger partial charge in [-0.1, -0.05) is 25.5 Å². The van der Waals surface area contributed by atoms with E-state index in [2.05, 4.69) is 52.0 Å². The number of nitrogens with zero attached hydrogens (tertiary/aromatic N) is 5. The maximum absolute atomic E-state index is 6.07. The molecule has 0 amide bonds. The van der Waals surface area contributed by atoms with Crippen molar-refractivity contribution in [2.75, 3.05) is 30.3 Å². The molecule has 0 aliphatic carbocycles. The van der Waals surface area contributed by atoms with Gasteiger partial charge in [-0.2, -0.15) is 4.98 Å². The van der Waals surface area contributed by atoms with Crippen molar-refractivity contribution in [3.8, 4) is 6.01 Å². The van der Waals surface area contributed by atoms with Crippen LogP contribution in [0, 0.1) is 6.92 Å². The predicted molar refractivity (Wildman–Crippen MR) is 116 cm³/mol. The van der Waals surface area contributed by atoms with Gasteiger partial charge in [0, 0.05) is 25.2 Å². The normalized spacial score (nSPS) is 14.5. The van der Waals surface area contributed by atoms with Crippen LogP contribution in [0.1, 0.15) is 55.8 Å². The number of nitrogens with two attached hydrogens (primary N) is 1. The number of unbranched alkanes of at least 4 members (excludes halogenated alkanes) is 1.